The van der Waals surface area contributed by atoms with E-state index in [-0.39, 0.29) is 11.6 Å². The summed E-state index contributed by atoms with van der Waals surface area (Å²) in [4.78, 5) is 9.55. The van der Waals surface area contributed by atoms with Gasteiger partial charge in [0.2, 0.25) is 0 Å². The van der Waals surface area contributed by atoms with Gasteiger partial charge in [0.1, 0.15) is 17.5 Å². The lowest BCUT2D eigenvalue weighted by atomic mass is 9.90. The number of hydrogen-bond donors (Lipinski definition) is 2. The molecule has 2 unspecified atom stereocenters. The van der Waals surface area contributed by atoms with Crippen molar-refractivity contribution in [3.63, 3.8) is 0 Å². The Morgan fingerprint density at radius 2 is 2.00 bits per heavy atom. The zero-order valence-corrected chi connectivity index (χ0v) is 23.9. The van der Waals surface area contributed by atoms with Crippen LogP contribution in [0.2, 0.25) is 0 Å². The Kier molecular flexibility index (Phi) is 9.41. The predicted molar refractivity (Wildman–Crippen MR) is 167 cm³/mol. The topological polar surface area (TPSA) is 57.5 Å². The third-order valence-electron chi connectivity index (χ3n) is 7.63. The summed E-state index contributed by atoms with van der Waals surface area (Å²) in [5.41, 5.74) is 11.7. The number of nitrogens with zero attached hydrogens (tertiary/aromatic N) is 2. The lowest BCUT2D eigenvalue weighted by Crippen LogP contribution is -2.17. The first-order valence-corrected chi connectivity index (χ1v) is 14.5. The average molecular weight is 564 g/mol. The van der Waals surface area contributed by atoms with Crippen LogP contribution >= 0.6 is 0 Å². The van der Waals surface area contributed by atoms with Crippen molar-refractivity contribution in [2.24, 2.45) is 16.8 Å². The molecule has 214 valence electrons. The smallest absolute Gasteiger partial charge is 0.150 e. The van der Waals surface area contributed by atoms with E-state index < -0.39 is 17.8 Å². The summed E-state index contributed by atoms with van der Waals surface area (Å²) >= 11 is 0. The maximum Gasteiger partial charge on any atom is 0.150 e. The molecule has 1 saturated carbocycles. The molecule has 42 heavy (non-hydrogen) atoms. The SMILES string of the molecule is CC=C(N=C(C=CC1CCC=CCC1O)C1=C(C)C=C=CC=C1C1CC1)c1ccnc(NC2=C(F)C=C(F)C=C=C2)c1. The van der Waals surface area contributed by atoms with Gasteiger partial charge in [-0.05, 0) is 93.4 Å². The second-order valence-electron chi connectivity index (χ2n) is 10.8. The highest BCUT2D eigenvalue weighted by Gasteiger charge is 2.30. The van der Waals surface area contributed by atoms with E-state index in [0.717, 1.165) is 66.0 Å². The molecule has 0 aromatic carbocycles. The van der Waals surface area contributed by atoms with E-state index in [1.165, 1.54) is 11.6 Å². The second-order valence-corrected chi connectivity index (χ2v) is 10.8. The summed E-state index contributed by atoms with van der Waals surface area (Å²) in [6.45, 7) is 4.01. The van der Waals surface area contributed by atoms with Crippen molar-refractivity contribution >= 4 is 17.2 Å². The number of allylic oxidation sites excluding steroid dienone is 12. The molecule has 4 aliphatic rings. The summed E-state index contributed by atoms with van der Waals surface area (Å²) in [5, 5.41) is 13.7. The Balaban J connectivity index is 1.53. The van der Waals surface area contributed by atoms with Gasteiger partial charge in [0.05, 0.1) is 23.2 Å². The van der Waals surface area contributed by atoms with Crippen molar-refractivity contribution in [3.8, 4) is 0 Å². The molecule has 4 aliphatic carbocycles. The van der Waals surface area contributed by atoms with Gasteiger partial charge < -0.3 is 10.4 Å². The number of anilines is 1. The van der Waals surface area contributed by atoms with Gasteiger partial charge in [0, 0.05) is 41.5 Å². The first-order chi connectivity index (χ1) is 20.4. The van der Waals surface area contributed by atoms with Crippen LogP contribution in [0.25, 0.3) is 5.70 Å². The molecule has 0 amide bonds. The quantitative estimate of drug-likeness (QED) is 0.189. The largest absolute Gasteiger partial charge is 0.392 e. The van der Waals surface area contributed by atoms with E-state index in [4.69, 9.17) is 4.99 Å². The predicted octanol–water partition coefficient (Wildman–Crippen LogP) is 8.71. The molecular formula is C36H35F2N3O. The Morgan fingerprint density at radius 1 is 1.14 bits per heavy atom. The van der Waals surface area contributed by atoms with Crippen LogP contribution < -0.4 is 5.32 Å². The van der Waals surface area contributed by atoms with E-state index >= 15 is 0 Å². The number of hydrogen-bond acceptors (Lipinski definition) is 4. The van der Waals surface area contributed by atoms with Crippen molar-refractivity contribution in [3.05, 3.63) is 136 Å². The second kappa shape index (κ2) is 13.5. The van der Waals surface area contributed by atoms with Crippen LogP contribution in [0.3, 0.4) is 0 Å². The first-order valence-electron chi connectivity index (χ1n) is 14.5. The molecule has 1 fully saturated rings. The highest BCUT2D eigenvalue weighted by molar-refractivity contribution is 6.14. The fourth-order valence-electron chi connectivity index (χ4n) is 5.24. The van der Waals surface area contributed by atoms with Gasteiger partial charge in [-0.25, -0.2) is 18.8 Å². The van der Waals surface area contributed by atoms with Gasteiger partial charge in [-0.3, -0.25) is 0 Å². The fraction of sp³-hybridized carbons (Fsp3) is 0.278. The van der Waals surface area contributed by atoms with Gasteiger partial charge in [-0.15, -0.1) is 11.5 Å². The number of aliphatic imine (C=N–C) groups is 1. The minimum Gasteiger partial charge on any atom is -0.392 e. The maximum absolute atomic E-state index is 14.5. The highest BCUT2D eigenvalue weighted by atomic mass is 19.1. The van der Waals surface area contributed by atoms with Crippen LogP contribution in [-0.2, 0) is 0 Å². The van der Waals surface area contributed by atoms with Gasteiger partial charge in [0.15, 0.2) is 0 Å². The third kappa shape index (κ3) is 7.29. The van der Waals surface area contributed by atoms with Crippen molar-refractivity contribution in [2.75, 3.05) is 5.32 Å². The van der Waals surface area contributed by atoms with Crippen LogP contribution in [0.1, 0.15) is 51.5 Å². The summed E-state index contributed by atoms with van der Waals surface area (Å²) < 4.78 is 28.1. The van der Waals surface area contributed by atoms with Crippen LogP contribution in [0.15, 0.2) is 136 Å². The monoisotopic (exact) mass is 563 g/mol. The number of rotatable bonds is 8. The summed E-state index contributed by atoms with van der Waals surface area (Å²) in [6, 6.07) is 3.64. The lowest BCUT2D eigenvalue weighted by Gasteiger charge is -2.18. The van der Waals surface area contributed by atoms with Crippen molar-refractivity contribution in [2.45, 2.75) is 52.1 Å². The molecule has 2 N–H and O–H groups in total. The van der Waals surface area contributed by atoms with E-state index in [2.05, 4.69) is 59.1 Å². The Bertz CT molecular complexity index is 1610. The fourth-order valence-corrected chi connectivity index (χ4v) is 5.24. The molecule has 1 heterocycles. The van der Waals surface area contributed by atoms with Crippen molar-refractivity contribution < 1.29 is 13.9 Å². The number of aliphatic hydroxyl groups is 1. The molecule has 0 spiro atoms. The van der Waals surface area contributed by atoms with Crippen molar-refractivity contribution in [1.82, 2.24) is 4.98 Å². The van der Waals surface area contributed by atoms with Gasteiger partial charge in [0.25, 0.3) is 0 Å². The van der Waals surface area contributed by atoms with Gasteiger partial charge in [-0.2, -0.15) is 0 Å². The normalized spacial score (nSPS) is 23.3. The molecule has 1 aromatic rings. The summed E-state index contributed by atoms with van der Waals surface area (Å²) in [5.74, 6) is -0.560. The Labute approximate surface area is 246 Å². The van der Waals surface area contributed by atoms with Crippen LogP contribution in [-0.4, -0.2) is 21.9 Å². The molecule has 0 saturated heterocycles. The number of nitrogens with one attached hydrogen (secondary N) is 1. The molecule has 2 atom stereocenters. The number of pyridine rings is 1. The van der Waals surface area contributed by atoms with E-state index in [9.17, 15) is 13.9 Å². The van der Waals surface area contributed by atoms with Gasteiger partial charge >= 0.3 is 0 Å². The maximum atomic E-state index is 14.5. The molecule has 1 aromatic heterocycles. The van der Waals surface area contributed by atoms with Crippen molar-refractivity contribution in [1.29, 1.82) is 0 Å². The Hall–Kier alpha value is -4.34. The van der Waals surface area contributed by atoms with Crippen LogP contribution in [0.5, 0.6) is 0 Å². The van der Waals surface area contributed by atoms with Gasteiger partial charge in [-0.1, -0.05) is 30.4 Å². The molecule has 5 rings (SSSR count). The van der Waals surface area contributed by atoms with Crippen LogP contribution in [0, 0.1) is 11.8 Å². The molecule has 0 radical (unpaired) electrons. The van der Waals surface area contributed by atoms with E-state index in [1.807, 2.05) is 31.2 Å². The zero-order chi connectivity index (χ0) is 29.5. The molecule has 0 bridgehead atoms. The standard InChI is InChI=1S/C36H35F2N3O/c1-3-31(27-20-21-39-35(22-27)41-32-14-9-12-28(37)23-30(32)38)40-33(19-18-26-11-5-4-6-15-34(26)42)36-24(2)10-7-8-13-29(36)25-16-17-25/h3-4,6,8,10,12-14,18-23,25-26,34,42H,5,11,15-17H2,1-2H3,(H,39,41). The molecule has 6 heteroatoms. The molecule has 0 aliphatic heterocycles. The summed E-state index contributed by atoms with van der Waals surface area (Å²) in [6.07, 6.45) is 25.5. The minimum atomic E-state index is -0.745. The third-order valence-corrected chi connectivity index (χ3v) is 7.63. The number of aromatic nitrogens is 1. The van der Waals surface area contributed by atoms with Crippen LogP contribution in [0.4, 0.5) is 14.6 Å². The lowest BCUT2D eigenvalue weighted by molar-refractivity contribution is 0.131. The minimum absolute atomic E-state index is 0.0217. The molecular weight excluding hydrogens is 528 g/mol. The summed E-state index contributed by atoms with van der Waals surface area (Å²) in [7, 11) is 0. The number of aliphatic hydroxyl groups excluding tert-OH is 1. The number of halogens is 2. The van der Waals surface area contributed by atoms with E-state index in [1.54, 1.807) is 12.3 Å². The highest BCUT2D eigenvalue weighted by Crippen LogP contribution is 2.42. The zero-order valence-electron chi connectivity index (χ0n) is 23.9. The molecule has 4 nitrogen and oxygen atoms in total. The average Bonchev–Trinajstić information content (AvgIpc) is 3.84. The van der Waals surface area contributed by atoms with E-state index in [0.29, 0.717) is 18.2 Å². The Morgan fingerprint density at radius 3 is 2.81 bits per heavy atom. The first kappa shape index (κ1) is 29.2.